The van der Waals surface area contributed by atoms with Gasteiger partial charge in [-0.3, -0.25) is 4.79 Å². The number of carbonyl (C=O) groups excluding carboxylic acids is 1. The topological polar surface area (TPSA) is 32.3 Å². The minimum absolute atomic E-state index is 0. The maximum atomic E-state index is 12.6. The minimum Gasteiger partial charge on any atom is -0.342 e. The predicted octanol–water partition coefficient (Wildman–Crippen LogP) is 3.45. The van der Waals surface area contributed by atoms with Crippen molar-refractivity contribution in [2.75, 3.05) is 26.2 Å². The Morgan fingerprint density at radius 1 is 1.00 bits per heavy atom. The molecule has 0 radical (unpaired) electrons. The van der Waals surface area contributed by atoms with Crippen LogP contribution in [0.5, 0.6) is 0 Å². The molecule has 4 heteroatoms. The summed E-state index contributed by atoms with van der Waals surface area (Å²) in [5.74, 6) is 3.17. The second-order valence-corrected chi connectivity index (χ2v) is 7.81. The van der Waals surface area contributed by atoms with Gasteiger partial charge in [0.15, 0.2) is 0 Å². The van der Waals surface area contributed by atoms with Crippen molar-refractivity contribution in [3.8, 4) is 0 Å². The molecular formula is C20H29ClN2O. The van der Waals surface area contributed by atoms with E-state index in [9.17, 15) is 4.79 Å². The number of halogens is 1. The largest absolute Gasteiger partial charge is 0.342 e. The molecule has 0 bridgehead atoms. The lowest BCUT2D eigenvalue weighted by Gasteiger charge is -2.29. The molecule has 3 fully saturated rings. The van der Waals surface area contributed by atoms with Crippen molar-refractivity contribution in [3.63, 3.8) is 0 Å². The maximum absolute atomic E-state index is 12.6. The van der Waals surface area contributed by atoms with Gasteiger partial charge in [-0.1, -0.05) is 30.3 Å². The summed E-state index contributed by atoms with van der Waals surface area (Å²) in [6, 6.07) is 10.9. The molecule has 24 heavy (non-hydrogen) atoms. The molecule has 2 atom stereocenters. The molecule has 3 nitrogen and oxygen atoms in total. The summed E-state index contributed by atoms with van der Waals surface area (Å²) in [5, 5.41) is 3.45. The standard InChI is InChI=1S/C20H28N2O.ClH/c23-20(22-13-18-11-21-12-19(18)14-22)10-15-6-8-17(9-7-15)16-4-2-1-3-5-16;/h1-5,15,17-19,21H,6-14H2;1H/t15?,17?,18-,19+;. The first kappa shape index (κ1) is 17.8. The van der Waals surface area contributed by atoms with E-state index in [4.69, 9.17) is 0 Å². The third kappa shape index (κ3) is 3.78. The summed E-state index contributed by atoms with van der Waals surface area (Å²) in [6.07, 6.45) is 5.71. The summed E-state index contributed by atoms with van der Waals surface area (Å²) in [7, 11) is 0. The lowest BCUT2D eigenvalue weighted by molar-refractivity contribution is -0.131. The van der Waals surface area contributed by atoms with Crippen LogP contribution in [-0.2, 0) is 4.79 Å². The molecule has 1 aromatic rings. The van der Waals surface area contributed by atoms with Crippen molar-refractivity contribution >= 4 is 18.3 Å². The van der Waals surface area contributed by atoms with Crippen molar-refractivity contribution < 1.29 is 4.79 Å². The van der Waals surface area contributed by atoms with E-state index in [0.29, 0.717) is 29.6 Å². The van der Waals surface area contributed by atoms with Gasteiger partial charge in [0.05, 0.1) is 0 Å². The Balaban J connectivity index is 0.00000169. The van der Waals surface area contributed by atoms with Crippen LogP contribution in [0.3, 0.4) is 0 Å². The third-order valence-electron chi connectivity index (χ3n) is 6.32. The second-order valence-electron chi connectivity index (χ2n) is 7.81. The normalized spacial score (nSPS) is 32.2. The van der Waals surface area contributed by atoms with Crippen molar-refractivity contribution in [2.24, 2.45) is 17.8 Å². The Morgan fingerprint density at radius 3 is 2.25 bits per heavy atom. The molecule has 4 rings (SSSR count). The number of carbonyl (C=O) groups is 1. The molecule has 1 saturated carbocycles. The number of hydrogen-bond donors (Lipinski definition) is 1. The maximum Gasteiger partial charge on any atom is 0.222 e. The molecule has 1 amide bonds. The number of hydrogen-bond acceptors (Lipinski definition) is 2. The van der Waals surface area contributed by atoms with Gasteiger partial charge in [0.25, 0.3) is 0 Å². The zero-order valence-corrected chi connectivity index (χ0v) is 15.1. The van der Waals surface area contributed by atoms with Gasteiger partial charge in [-0.25, -0.2) is 0 Å². The van der Waals surface area contributed by atoms with E-state index >= 15 is 0 Å². The number of benzene rings is 1. The van der Waals surface area contributed by atoms with Crippen LogP contribution in [0.4, 0.5) is 0 Å². The zero-order valence-electron chi connectivity index (χ0n) is 14.3. The zero-order chi connectivity index (χ0) is 15.6. The highest BCUT2D eigenvalue weighted by Gasteiger charge is 2.38. The van der Waals surface area contributed by atoms with Crippen LogP contribution in [0.2, 0.25) is 0 Å². The summed E-state index contributed by atoms with van der Waals surface area (Å²) in [6.45, 7) is 4.21. The lowest BCUT2D eigenvalue weighted by Crippen LogP contribution is -2.33. The Labute approximate surface area is 151 Å². The Bertz CT molecular complexity index is 530. The molecule has 0 unspecified atom stereocenters. The van der Waals surface area contributed by atoms with E-state index in [1.165, 1.54) is 31.2 Å². The first-order valence-electron chi connectivity index (χ1n) is 9.33. The Morgan fingerprint density at radius 2 is 1.62 bits per heavy atom. The van der Waals surface area contributed by atoms with Crippen molar-refractivity contribution in [3.05, 3.63) is 35.9 Å². The number of nitrogens with one attached hydrogen (secondary N) is 1. The highest BCUT2D eigenvalue weighted by molar-refractivity contribution is 5.85. The lowest BCUT2D eigenvalue weighted by atomic mass is 9.77. The van der Waals surface area contributed by atoms with Gasteiger partial charge in [0.2, 0.25) is 5.91 Å². The SMILES string of the molecule is Cl.O=C(CC1CCC(c2ccccc2)CC1)N1C[C@H]2CNC[C@H]2C1. The van der Waals surface area contributed by atoms with Gasteiger partial charge >= 0.3 is 0 Å². The van der Waals surface area contributed by atoms with Crippen LogP contribution >= 0.6 is 12.4 Å². The van der Waals surface area contributed by atoms with Crippen molar-refractivity contribution in [1.82, 2.24) is 10.2 Å². The Hall–Kier alpha value is -1.06. The number of nitrogens with zero attached hydrogens (tertiary/aromatic N) is 1. The molecule has 1 aliphatic carbocycles. The highest BCUT2D eigenvalue weighted by atomic mass is 35.5. The molecule has 0 spiro atoms. The average molecular weight is 349 g/mol. The molecule has 2 heterocycles. The van der Waals surface area contributed by atoms with Gasteiger partial charge in [-0.05, 0) is 54.9 Å². The van der Waals surface area contributed by atoms with Gasteiger partial charge in [-0.2, -0.15) is 0 Å². The first-order valence-corrected chi connectivity index (χ1v) is 9.33. The summed E-state index contributed by atoms with van der Waals surface area (Å²) >= 11 is 0. The van der Waals surface area contributed by atoms with E-state index in [0.717, 1.165) is 32.6 Å². The molecule has 132 valence electrons. The van der Waals surface area contributed by atoms with Crippen LogP contribution in [0.1, 0.15) is 43.6 Å². The quantitative estimate of drug-likeness (QED) is 0.907. The summed E-state index contributed by atoms with van der Waals surface area (Å²) in [4.78, 5) is 14.8. The van der Waals surface area contributed by atoms with Gasteiger partial charge in [-0.15, -0.1) is 12.4 Å². The fraction of sp³-hybridized carbons (Fsp3) is 0.650. The molecule has 2 aliphatic heterocycles. The highest BCUT2D eigenvalue weighted by Crippen LogP contribution is 2.37. The molecular weight excluding hydrogens is 320 g/mol. The monoisotopic (exact) mass is 348 g/mol. The molecule has 0 aromatic heterocycles. The van der Waals surface area contributed by atoms with Gasteiger partial charge < -0.3 is 10.2 Å². The fourth-order valence-corrected chi connectivity index (χ4v) is 4.86. The number of fused-ring (bicyclic) bond motifs is 1. The van der Waals surface area contributed by atoms with Crippen molar-refractivity contribution in [1.29, 1.82) is 0 Å². The third-order valence-corrected chi connectivity index (χ3v) is 6.32. The van der Waals surface area contributed by atoms with E-state index < -0.39 is 0 Å². The average Bonchev–Trinajstić information content (AvgIpc) is 3.18. The summed E-state index contributed by atoms with van der Waals surface area (Å²) in [5.41, 5.74) is 1.48. The first-order chi connectivity index (χ1) is 11.3. The van der Waals surface area contributed by atoms with Crippen LogP contribution in [-0.4, -0.2) is 37.0 Å². The Kier molecular flexibility index (Phi) is 5.83. The van der Waals surface area contributed by atoms with E-state index in [2.05, 4.69) is 40.5 Å². The molecule has 1 aromatic carbocycles. The molecule has 1 N–H and O–H groups in total. The van der Waals surface area contributed by atoms with Crippen LogP contribution in [0.25, 0.3) is 0 Å². The number of rotatable bonds is 3. The van der Waals surface area contributed by atoms with E-state index in [1.54, 1.807) is 0 Å². The van der Waals surface area contributed by atoms with Crippen LogP contribution < -0.4 is 5.32 Å². The minimum atomic E-state index is 0. The van der Waals surface area contributed by atoms with Gasteiger partial charge in [0, 0.05) is 32.6 Å². The van der Waals surface area contributed by atoms with E-state index in [-0.39, 0.29) is 12.4 Å². The second kappa shape index (κ2) is 7.88. The smallest absolute Gasteiger partial charge is 0.222 e. The van der Waals surface area contributed by atoms with Gasteiger partial charge in [0.1, 0.15) is 0 Å². The summed E-state index contributed by atoms with van der Waals surface area (Å²) < 4.78 is 0. The van der Waals surface area contributed by atoms with Crippen molar-refractivity contribution in [2.45, 2.75) is 38.0 Å². The number of amides is 1. The number of likely N-dealkylation sites (tertiary alicyclic amines) is 1. The van der Waals surface area contributed by atoms with E-state index in [1.807, 2.05) is 0 Å². The molecule has 3 aliphatic rings. The predicted molar refractivity (Wildman–Crippen MR) is 99.4 cm³/mol. The van der Waals surface area contributed by atoms with Crippen LogP contribution in [0.15, 0.2) is 30.3 Å². The fourth-order valence-electron chi connectivity index (χ4n) is 4.86. The van der Waals surface area contributed by atoms with Crippen LogP contribution in [0, 0.1) is 17.8 Å². The molecule has 2 saturated heterocycles.